The average Bonchev–Trinajstić information content (AvgIpc) is 1.61. The average molecular weight is 100 g/mol. The minimum Gasteiger partial charge on any atom is -0.513 e. The van der Waals surface area contributed by atoms with Crippen molar-refractivity contribution < 1.29 is 5.11 Å². The van der Waals surface area contributed by atoms with E-state index in [1.54, 1.807) is 6.92 Å². The molecule has 0 rings (SSSR count). The van der Waals surface area contributed by atoms with Crippen molar-refractivity contribution in [1.29, 1.82) is 0 Å². The molecular formula is C6H12O. The monoisotopic (exact) mass is 100 g/mol. The second-order valence-electron chi connectivity index (χ2n) is 1.63. The molecule has 7 heavy (non-hydrogen) atoms. The molecule has 1 nitrogen and oxygen atoms in total. The summed E-state index contributed by atoms with van der Waals surface area (Å²) in [6.07, 6.45) is 3.92. The van der Waals surface area contributed by atoms with E-state index in [0.717, 1.165) is 12.8 Å². The molecule has 0 radical (unpaired) electrons. The summed E-state index contributed by atoms with van der Waals surface area (Å²) in [6.45, 7) is 3.77. The first-order valence-electron chi connectivity index (χ1n) is 2.63. The van der Waals surface area contributed by atoms with Crippen molar-refractivity contribution in [3.05, 3.63) is 11.8 Å². The third-order valence-electron chi connectivity index (χ3n) is 0.728. The third kappa shape index (κ3) is 5.54. The molecule has 0 saturated carbocycles. The Labute approximate surface area is 44.7 Å². The van der Waals surface area contributed by atoms with Gasteiger partial charge in [-0.25, -0.2) is 0 Å². The Balaban J connectivity index is 3.08. The van der Waals surface area contributed by atoms with E-state index >= 15 is 0 Å². The maximum absolute atomic E-state index is 8.54. The lowest BCUT2D eigenvalue weighted by atomic mass is 10.3. The van der Waals surface area contributed by atoms with E-state index in [0.29, 0.717) is 5.76 Å². The van der Waals surface area contributed by atoms with E-state index in [1.807, 2.05) is 6.08 Å². The van der Waals surface area contributed by atoms with Crippen LogP contribution in [-0.2, 0) is 0 Å². The molecule has 1 heteroatoms. The predicted octanol–water partition coefficient (Wildman–Crippen LogP) is 2.25. The van der Waals surface area contributed by atoms with Gasteiger partial charge in [0.25, 0.3) is 0 Å². The normalized spacial score (nSPS) is 12.0. The van der Waals surface area contributed by atoms with Crippen LogP contribution in [0.1, 0.15) is 26.7 Å². The topological polar surface area (TPSA) is 20.2 Å². The highest BCUT2D eigenvalue weighted by molar-refractivity contribution is 4.84. The summed E-state index contributed by atoms with van der Waals surface area (Å²) >= 11 is 0. The highest BCUT2D eigenvalue weighted by Gasteiger charge is 1.75. The van der Waals surface area contributed by atoms with Crippen LogP contribution in [0.2, 0.25) is 0 Å². The quantitative estimate of drug-likeness (QED) is 0.527. The number of aliphatic hydroxyl groups is 1. The van der Waals surface area contributed by atoms with Crippen LogP contribution in [0.25, 0.3) is 0 Å². The Morgan fingerprint density at radius 2 is 2.29 bits per heavy atom. The Morgan fingerprint density at radius 1 is 1.71 bits per heavy atom. The lowest BCUT2D eigenvalue weighted by molar-refractivity contribution is 0.411. The molecule has 0 aromatic rings. The molecule has 0 spiro atoms. The van der Waals surface area contributed by atoms with Crippen molar-refractivity contribution in [2.24, 2.45) is 0 Å². The molecule has 1 N–H and O–H groups in total. The highest BCUT2D eigenvalue weighted by Crippen LogP contribution is 1.91. The van der Waals surface area contributed by atoms with Gasteiger partial charge in [0.1, 0.15) is 0 Å². The second kappa shape index (κ2) is 3.72. The van der Waals surface area contributed by atoms with Gasteiger partial charge in [0.15, 0.2) is 0 Å². The van der Waals surface area contributed by atoms with Gasteiger partial charge in [0, 0.05) is 0 Å². The van der Waals surface area contributed by atoms with Crippen molar-refractivity contribution in [1.82, 2.24) is 0 Å². The number of hydrogen-bond acceptors (Lipinski definition) is 1. The molecule has 0 unspecified atom stereocenters. The zero-order valence-corrected chi connectivity index (χ0v) is 4.94. The SMILES string of the molecule is CCC/C=C(/C)O. The maximum atomic E-state index is 8.54. The highest BCUT2D eigenvalue weighted by atomic mass is 16.3. The molecule has 0 heterocycles. The first kappa shape index (κ1) is 6.54. The Kier molecular flexibility index (Phi) is 3.48. The summed E-state index contributed by atoms with van der Waals surface area (Å²) in [5, 5.41) is 8.54. The number of aliphatic hydroxyl groups excluding tert-OH is 1. The van der Waals surface area contributed by atoms with Crippen LogP contribution in [0.4, 0.5) is 0 Å². The molecule has 0 aliphatic heterocycles. The first-order valence-corrected chi connectivity index (χ1v) is 2.63. The number of allylic oxidation sites excluding steroid dienone is 2. The molecule has 0 atom stereocenters. The van der Waals surface area contributed by atoms with Gasteiger partial charge in [0.2, 0.25) is 0 Å². The van der Waals surface area contributed by atoms with E-state index in [-0.39, 0.29) is 0 Å². The van der Waals surface area contributed by atoms with Gasteiger partial charge < -0.3 is 5.11 Å². The fourth-order valence-corrected chi connectivity index (χ4v) is 0.353. The first-order chi connectivity index (χ1) is 3.27. The number of unbranched alkanes of at least 4 members (excludes halogenated alkanes) is 1. The summed E-state index contributed by atoms with van der Waals surface area (Å²) in [4.78, 5) is 0. The van der Waals surface area contributed by atoms with E-state index in [1.165, 1.54) is 0 Å². The van der Waals surface area contributed by atoms with Gasteiger partial charge in [-0.1, -0.05) is 13.3 Å². The van der Waals surface area contributed by atoms with E-state index in [2.05, 4.69) is 6.92 Å². The third-order valence-corrected chi connectivity index (χ3v) is 0.728. The standard InChI is InChI=1S/C6H12O/c1-3-4-5-6(2)7/h5,7H,3-4H2,1-2H3/b6-5-. The molecule has 0 bridgehead atoms. The van der Waals surface area contributed by atoms with Crippen LogP contribution in [0.15, 0.2) is 11.8 Å². The molecule has 0 aliphatic carbocycles. The van der Waals surface area contributed by atoms with Crippen LogP contribution < -0.4 is 0 Å². The van der Waals surface area contributed by atoms with Crippen molar-refractivity contribution in [3.63, 3.8) is 0 Å². The van der Waals surface area contributed by atoms with Gasteiger partial charge in [-0.3, -0.25) is 0 Å². The van der Waals surface area contributed by atoms with Gasteiger partial charge in [-0.2, -0.15) is 0 Å². The largest absolute Gasteiger partial charge is 0.513 e. The summed E-state index contributed by atoms with van der Waals surface area (Å²) in [7, 11) is 0. The second-order valence-corrected chi connectivity index (χ2v) is 1.63. The number of rotatable bonds is 2. The van der Waals surface area contributed by atoms with Crippen LogP contribution in [0.5, 0.6) is 0 Å². The molecule has 0 aromatic heterocycles. The predicted molar refractivity (Wildman–Crippen MR) is 31.3 cm³/mol. The summed E-state index contributed by atoms with van der Waals surface area (Å²) < 4.78 is 0. The minimum absolute atomic E-state index is 0.432. The zero-order chi connectivity index (χ0) is 5.70. The molecule has 0 aliphatic rings. The van der Waals surface area contributed by atoms with E-state index < -0.39 is 0 Å². The lowest BCUT2D eigenvalue weighted by Crippen LogP contribution is -1.68. The van der Waals surface area contributed by atoms with Crippen molar-refractivity contribution in [3.8, 4) is 0 Å². The molecule has 0 saturated heterocycles. The Hall–Kier alpha value is -0.460. The van der Waals surface area contributed by atoms with Gasteiger partial charge in [-0.15, -0.1) is 0 Å². The van der Waals surface area contributed by atoms with Crippen LogP contribution in [-0.4, -0.2) is 5.11 Å². The van der Waals surface area contributed by atoms with Crippen LogP contribution >= 0.6 is 0 Å². The van der Waals surface area contributed by atoms with Gasteiger partial charge in [-0.05, 0) is 19.4 Å². The Bertz CT molecular complexity index is 60.6. The minimum atomic E-state index is 0.432. The Morgan fingerprint density at radius 3 is 2.43 bits per heavy atom. The maximum Gasteiger partial charge on any atom is 0.0851 e. The van der Waals surface area contributed by atoms with Crippen molar-refractivity contribution >= 4 is 0 Å². The van der Waals surface area contributed by atoms with Crippen molar-refractivity contribution in [2.75, 3.05) is 0 Å². The van der Waals surface area contributed by atoms with Gasteiger partial charge in [0.05, 0.1) is 5.76 Å². The van der Waals surface area contributed by atoms with Crippen molar-refractivity contribution in [2.45, 2.75) is 26.7 Å². The zero-order valence-electron chi connectivity index (χ0n) is 4.94. The van der Waals surface area contributed by atoms with E-state index in [4.69, 9.17) is 5.11 Å². The molecule has 0 amide bonds. The molecular weight excluding hydrogens is 88.1 g/mol. The van der Waals surface area contributed by atoms with Gasteiger partial charge >= 0.3 is 0 Å². The summed E-state index contributed by atoms with van der Waals surface area (Å²) in [5.41, 5.74) is 0. The smallest absolute Gasteiger partial charge is 0.0851 e. The summed E-state index contributed by atoms with van der Waals surface area (Å²) in [5.74, 6) is 0.432. The lowest BCUT2D eigenvalue weighted by Gasteiger charge is -1.84. The number of hydrogen-bond donors (Lipinski definition) is 1. The molecule has 0 fully saturated rings. The van der Waals surface area contributed by atoms with Crippen LogP contribution in [0, 0.1) is 0 Å². The summed E-state index contributed by atoms with van der Waals surface area (Å²) in [6, 6.07) is 0. The van der Waals surface area contributed by atoms with Crippen LogP contribution in [0.3, 0.4) is 0 Å². The fourth-order valence-electron chi connectivity index (χ4n) is 0.353. The molecule has 0 aromatic carbocycles. The fraction of sp³-hybridized carbons (Fsp3) is 0.667. The molecule has 42 valence electrons. The van der Waals surface area contributed by atoms with E-state index in [9.17, 15) is 0 Å².